The molecule has 0 amide bonds. The molecule has 34 heavy (non-hydrogen) atoms. The van der Waals surface area contributed by atoms with E-state index >= 15 is 0 Å². The summed E-state index contributed by atoms with van der Waals surface area (Å²) in [5.74, 6) is 0.791. The molecule has 0 saturated heterocycles. The first kappa shape index (κ1) is 21.9. The van der Waals surface area contributed by atoms with Crippen molar-refractivity contribution in [1.29, 1.82) is 0 Å². The molecule has 0 saturated carbocycles. The second-order valence-corrected chi connectivity index (χ2v) is 9.43. The van der Waals surface area contributed by atoms with Gasteiger partial charge in [0.1, 0.15) is 5.82 Å². The zero-order valence-electron chi connectivity index (χ0n) is 19.8. The third-order valence-corrected chi connectivity index (χ3v) is 5.76. The normalized spacial score (nSPS) is 11.8. The smallest absolute Gasteiger partial charge is 0.130 e. The lowest BCUT2D eigenvalue weighted by molar-refractivity contribution is 0.0577. The van der Waals surface area contributed by atoms with E-state index in [0.29, 0.717) is 6.54 Å². The van der Waals surface area contributed by atoms with Crippen LogP contribution in [0.1, 0.15) is 19.4 Å². The first-order valence-electron chi connectivity index (χ1n) is 11.3. The lowest BCUT2D eigenvalue weighted by Crippen LogP contribution is -2.26. The highest BCUT2D eigenvalue weighted by atomic mass is 16.3. The molecule has 0 aliphatic heterocycles. The van der Waals surface area contributed by atoms with Crippen LogP contribution in [0.5, 0.6) is 0 Å². The summed E-state index contributed by atoms with van der Waals surface area (Å²) in [6.07, 6.45) is 9.57. The summed E-state index contributed by atoms with van der Waals surface area (Å²) < 4.78 is 3.58. The van der Waals surface area contributed by atoms with Gasteiger partial charge in [-0.1, -0.05) is 18.2 Å². The molecule has 0 radical (unpaired) electrons. The standard InChI is InChI=1S/C27H28N6O/c1-18-9-19(23-13-29-32(4)15-23)7-8-25(18)31-26-11-22-10-20(5-6-21(22)12-28-26)24-14-30-33(16-24)17-27(2,3)34/h5-16,34H,17H2,1-4H3,(H,28,31). The number of aromatic nitrogens is 5. The van der Waals surface area contributed by atoms with Crippen LogP contribution in [0.2, 0.25) is 0 Å². The van der Waals surface area contributed by atoms with Crippen molar-refractivity contribution >= 4 is 22.3 Å². The molecule has 0 fully saturated rings. The summed E-state index contributed by atoms with van der Waals surface area (Å²) in [4.78, 5) is 4.61. The molecule has 0 aliphatic carbocycles. The number of nitrogens with one attached hydrogen (secondary N) is 1. The molecule has 0 unspecified atom stereocenters. The van der Waals surface area contributed by atoms with Crippen molar-refractivity contribution in [2.45, 2.75) is 32.9 Å². The van der Waals surface area contributed by atoms with E-state index in [2.05, 4.69) is 69.9 Å². The number of pyridine rings is 1. The number of hydrogen-bond donors (Lipinski definition) is 2. The number of benzene rings is 2. The van der Waals surface area contributed by atoms with Crippen molar-refractivity contribution < 1.29 is 5.11 Å². The lowest BCUT2D eigenvalue weighted by atomic mass is 10.0. The molecule has 5 aromatic rings. The Labute approximate surface area is 198 Å². The Bertz CT molecular complexity index is 1470. The Hall–Kier alpha value is -3.97. The molecule has 7 nitrogen and oxygen atoms in total. The first-order chi connectivity index (χ1) is 16.2. The summed E-state index contributed by atoms with van der Waals surface area (Å²) in [5, 5.41) is 24.3. The quantitative estimate of drug-likeness (QED) is 0.364. The molecular formula is C27H28N6O. The molecule has 172 valence electrons. The molecule has 3 aromatic heterocycles. The van der Waals surface area contributed by atoms with E-state index in [1.54, 1.807) is 18.5 Å². The van der Waals surface area contributed by atoms with Gasteiger partial charge in [-0.15, -0.1) is 0 Å². The molecule has 3 heterocycles. The van der Waals surface area contributed by atoms with Gasteiger partial charge < -0.3 is 10.4 Å². The average molecular weight is 453 g/mol. The minimum atomic E-state index is -0.812. The average Bonchev–Trinajstić information content (AvgIpc) is 3.42. The van der Waals surface area contributed by atoms with Crippen LogP contribution in [0, 0.1) is 6.92 Å². The monoisotopic (exact) mass is 452 g/mol. The Balaban J connectivity index is 1.40. The van der Waals surface area contributed by atoms with Crippen LogP contribution < -0.4 is 5.32 Å². The van der Waals surface area contributed by atoms with E-state index in [4.69, 9.17) is 0 Å². The number of rotatable bonds is 6. The number of anilines is 2. The molecule has 2 N–H and O–H groups in total. The number of aliphatic hydroxyl groups is 1. The van der Waals surface area contributed by atoms with Gasteiger partial charge in [-0.25, -0.2) is 4.98 Å². The zero-order valence-corrected chi connectivity index (χ0v) is 19.8. The first-order valence-corrected chi connectivity index (χ1v) is 11.3. The van der Waals surface area contributed by atoms with E-state index < -0.39 is 5.60 Å². The van der Waals surface area contributed by atoms with Gasteiger partial charge in [-0.05, 0) is 67.1 Å². The van der Waals surface area contributed by atoms with Gasteiger partial charge in [-0.3, -0.25) is 9.36 Å². The van der Waals surface area contributed by atoms with Crippen LogP contribution in [-0.2, 0) is 13.6 Å². The Morgan fingerprint density at radius 1 is 0.853 bits per heavy atom. The molecule has 5 rings (SSSR count). The van der Waals surface area contributed by atoms with E-state index in [0.717, 1.165) is 50.1 Å². The highest BCUT2D eigenvalue weighted by Crippen LogP contribution is 2.29. The summed E-state index contributed by atoms with van der Waals surface area (Å²) in [6.45, 7) is 6.09. The molecule has 0 bridgehead atoms. The van der Waals surface area contributed by atoms with Crippen molar-refractivity contribution in [1.82, 2.24) is 24.5 Å². The predicted octanol–water partition coefficient (Wildman–Crippen LogP) is 5.32. The van der Waals surface area contributed by atoms with Crippen molar-refractivity contribution in [3.8, 4) is 22.3 Å². The van der Waals surface area contributed by atoms with Crippen LogP contribution in [0.3, 0.4) is 0 Å². The SMILES string of the molecule is Cc1cc(-c2cnn(C)c2)ccc1Nc1cc2cc(-c3cnn(CC(C)(C)O)c3)ccc2cn1. The third kappa shape index (κ3) is 4.70. The zero-order chi connectivity index (χ0) is 23.9. The fraction of sp³-hybridized carbons (Fsp3) is 0.222. The lowest BCUT2D eigenvalue weighted by Gasteiger charge is -2.16. The summed E-state index contributed by atoms with van der Waals surface area (Å²) >= 11 is 0. The number of hydrogen-bond acceptors (Lipinski definition) is 5. The second-order valence-electron chi connectivity index (χ2n) is 9.43. The molecule has 0 atom stereocenters. The van der Waals surface area contributed by atoms with Crippen LogP contribution >= 0.6 is 0 Å². The van der Waals surface area contributed by atoms with Gasteiger partial charge in [0.05, 0.1) is 24.5 Å². The van der Waals surface area contributed by atoms with E-state index in [1.165, 1.54) is 0 Å². The van der Waals surface area contributed by atoms with Gasteiger partial charge in [0.15, 0.2) is 0 Å². The van der Waals surface area contributed by atoms with Gasteiger partial charge in [-0.2, -0.15) is 10.2 Å². The second kappa shape index (κ2) is 8.43. The maximum Gasteiger partial charge on any atom is 0.130 e. The molecule has 0 aliphatic rings. The summed E-state index contributed by atoms with van der Waals surface area (Å²) in [7, 11) is 1.92. The van der Waals surface area contributed by atoms with Gasteiger partial charge in [0.2, 0.25) is 0 Å². The van der Waals surface area contributed by atoms with Crippen LogP contribution in [0.25, 0.3) is 33.0 Å². The Morgan fingerprint density at radius 3 is 2.32 bits per heavy atom. The van der Waals surface area contributed by atoms with Crippen molar-refractivity contribution in [3.63, 3.8) is 0 Å². The van der Waals surface area contributed by atoms with Crippen molar-refractivity contribution in [3.05, 3.63) is 79.0 Å². The van der Waals surface area contributed by atoms with Gasteiger partial charge >= 0.3 is 0 Å². The van der Waals surface area contributed by atoms with Crippen LogP contribution in [0.4, 0.5) is 11.5 Å². The number of aryl methyl sites for hydroxylation is 2. The predicted molar refractivity (Wildman–Crippen MR) is 136 cm³/mol. The maximum absolute atomic E-state index is 10.1. The Kier molecular flexibility index (Phi) is 5.42. The summed E-state index contributed by atoms with van der Waals surface area (Å²) in [5.41, 5.74) is 5.66. The topological polar surface area (TPSA) is 80.8 Å². The van der Waals surface area contributed by atoms with E-state index in [1.807, 2.05) is 42.7 Å². The fourth-order valence-corrected chi connectivity index (χ4v) is 4.08. The Morgan fingerprint density at radius 2 is 1.59 bits per heavy atom. The minimum absolute atomic E-state index is 0.442. The number of fused-ring (bicyclic) bond motifs is 1. The van der Waals surface area contributed by atoms with E-state index in [9.17, 15) is 5.11 Å². The highest BCUT2D eigenvalue weighted by Gasteiger charge is 2.14. The summed E-state index contributed by atoms with van der Waals surface area (Å²) in [6, 6.07) is 14.7. The van der Waals surface area contributed by atoms with Crippen LogP contribution in [-0.4, -0.2) is 35.3 Å². The molecular weight excluding hydrogens is 424 g/mol. The van der Waals surface area contributed by atoms with Gasteiger partial charge in [0.25, 0.3) is 0 Å². The molecule has 7 heteroatoms. The third-order valence-electron chi connectivity index (χ3n) is 5.76. The molecule has 0 spiro atoms. The molecule has 2 aromatic carbocycles. The van der Waals surface area contributed by atoms with Gasteiger partial charge in [0, 0.05) is 47.8 Å². The minimum Gasteiger partial charge on any atom is -0.389 e. The highest BCUT2D eigenvalue weighted by molar-refractivity contribution is 5.89. The van der Waals surface area contributed by atoms with Crippen LogP contribution in [0.15, 0.2) is 73.4 Å². The van der Waals surface area contributed by atoms with Crippen molar-refractivity contribution in [2.75, 3.05) is 5.32 Å². The fourth-order valence-electron chi connectivity index (χ4n) is 4.08. The van der Waals surface area contributed by atoms with E-state index in [-0.39, 0.29) is 0 Å². The van der Waals surface area contributed by atoms with Crippen molar-refractivity contribution in [2.24, 2.45) is 7.05 Å². The maximum atomic E-state index is 10.1. The largest absolute Gasteiger partial charge is 0.389 e. The number of nitrogens with zero attached hydrogens (tertiary/aromatic N) is 5.